The Morgan fingerprint density at radius 3 is 2.77 bits per heavy atom. The number of anilines is 2. The molecule has 0 unspecified atom stereocenters. The quantitative estimate of drug-likeness (QED) is 0.815. The van der Waals surface area contributed by atoms with Crippen LogP contribution in [0.5, 0.6) is 5.75 Å². The van der Waals surface area contributed by atoms with E-state index in [2.05, 4.69) is 5.32 Å². The van der Waals surface area contributed by atoms with Crippen molar-refractivity contribution in [2.45, 2.75) is 18.9 Å². The minimum atomic E-state index is -0.590. The van der Waals surface area contributed by atoms with Gasteiger partial charge in [0.1, 0.15) is 12.3 Å². The van der Waals surface area contributed by atoms with Gasteiger partial charge >= 0.3 is 6.03 Å². The van der Waals surface area contributed by atoms with Crippen LogP contribution in [0.2, 0.25) is 0 Å². The van der Waals surface area contributed by atoms with E-state index >= 15 is 0 Å². The molecule has 1 N–H and O–H groups in total. The Morgan fingerprint density at radius 2 is 2.07 bits per heavy atom. The summed E-state index contributed by atoms with van der Waals surface area (Å²) in [5, 5.41) is 6.75. The van der Waals surface area contributed by atoms with Gasteiger partial charge in [0, 0.05) is 37.1 Å². The predicted molar refractivity (Wildman–Crippen MR) is 115 cm³/mol. The summed E-state index contributed by atoms with van der Waals surface area (Å²) < 4.78 is 5.20. The topological polar surface area (TPSA) is 82.2 Å². The molecule has 0 radical (unpaired) electrons. The Hall–Kier alpha value is -3.07. The number of rotatable bonds is 3. The molecule has 4 rings (SSSR count). The minimum Gasteiger partial charge on any atom is -0.497 e. The molecule has 2 fully saturated rings. The van der Waals surface area contributed by atoms with Gasteiger partial charge in [0.2, 0.25) is 11.8 Å². The summed E-state index contributed by atoms with van der Waals surface area (Å²) in [6.45, 7) is 2.76. The van der Waals surface area contributed by atoms with E-state index < -0.39 is 5.54 Å². The first kappa shape index (κ1) is 20.2. The highest BCUT2D eigenvalue weighted by Gasteiger charge is 2.51. The first-order chi connectivity index (χ1) is 14.4. The number of benzene rings is 1. The summed E-state index contributed by atoms with van der Waals surface area (Å²) in [4.78, 5) is 43.0. The first-order valence-corrected chi connectivity index (χ1v) is 10.7. The summed E-state index contributed by atoms with van der Waals surface area (Å²) in [5.41, 5.74) is 0.891. The highest BCUT2D eigenvalue weighted by molar-refractivity contribution is 7.08. The zero-order chi connectivity index (χ0) is 21.3. The van der Waals surface area contributed by atoms with Crippen molar-refractivity contribution in [3.05, 3.63) is 41.1 Å². The molecule has 1 atom stereocenters. The molecule has 0 aliphatic carbocycles. The number of thiophene rings is 1. The van der Waals surface area contributed by atoms with Crippen LogP contribution in [0.15, 0.2) is 41.1 Å². The van der Waals surface area contributed by atoms with E-state index in [1.807, 2.05) is 29.0 Å². The maximum absolute atomic E-state index is 12.9. The Morgan fingerprint density at radius 1 is 1.23 bits per heavy atom. The standard InChI is InChI=1S/C21H24N4O4S/c1-15(26)25-11-19(27)24(17-6-9-30-12-17)14-21(25)7-8-23(13-21)20(28)22-16-4-3-5-18(10-16)29-2/h3-6,9-10,12H,7-8,11,13-14H2,1-2H3,(H,22,28)/t21-/m1/s1. The van der Waals surface area contributed by atoms with Crippen LogP contribution < -0.4 is 15.0 Å². The summed E-state index contributed by atoms with van der Waals surface area (Å²) in [7, 11) is 1.57. The average Bonchev–Trinajstić information content (AvgIpc) is 3.40. The smallest absolute Gasteiger partial charge is 0.321 e. The maximum atomic E-state index is 12.9. The molecule has 1 aromatic heterocycles. The van der Waals surface area contributed by atoms with Crippen LogP contribution in [-0.4, -0.2) is 66.5 Å². The lowest BCUT2D eigenvalue weighted by Gasteiger charge is -2.47. The van der Waals surface area contributed by atoms with Crippen LogP contribution >= 0.6 is 11.3 Å². The molecule has 158 valence electrons. The Labute approximate surface area is 179 Å². The van der Waals surface area contributed by atoms with Crippen molar-refractivity contribution in [1.82, 2.24) is 9.80 Å². The van der Waals surface area contributed by atoms with Crippen molar-refractivity contribution in [1.29, 1.82) is 0 Å². The monoisotopic (exact) mass is 428 g/mol. The minimum absolute atomic E-state index is 0.0243. The van der Waals surface area contributed by atoms with Gasteiger partial charge in [-0.1, -0.05) is 6.07 Å². The van der Waals surface area contributed by atoms with Gasteiger partial charge in [-0.05, 0) is 30.0 Å². The van der Waals surface area contributed by atoms with Crippen LogP contribution in [0.4, 0.5) is 16.2 Å². The van der Waals surface area contributed by atoms with Crippen molar-refractivity contribution in [3.63, 3.8) is 0 Å². The van der Waals surface area contributed by atoms with Gasteiger partial charge in [-0.3, -0.25) is 9.59 Å². The number of hydrogen-bond acceptors (Lipinski definition) is 5. The van der Waals surface area contributed by atoms with E-state index in [-0.39, 0.29) is 24.4 Å². The highest BCUT2D eigenvalue weighted by atomic mass is 32.1. The van der Waals surface area contributed by atoms with Crippen molar-refractivity contribution in [3.8, 4) is 5.75 Å². The number of urea groups is 1. The predicted octanol–water partition coefficient (Wildman–Crippen LogP) is 2.63. The number of amides is 4. The lowest BCUT2D eigenvalue weighted by atomic mass is 9.92. The fourth-order valence-corrected chi connectivity index (χ4v) is 4.87. The van der Waals surface area contributed by atoms with E-state index in [0.29, 0.717) is 37.5 Å². The van der Waals surface area contributed by atoms with Gasteiger partial charge < -0.3 is 24.8 Å². The number of hydrogen-bond donors (Lipinski definition) is 1. The normalized spacial score (nSPS) is 21.3. The molecule has 0 saturated carbocycles. The molecule has 2 saturated heterocycles. The van der Waals surface area contributed by atoms with Crippen LogP contribution in [0.25, 0.3) is 0 Å². The number of nitrogens with one attached hydrogen (secondary N) is 1. The summed E-state index contributed by atoms with van der Waals surface area (Å²) in [6.07, 6.45) is 0.617. The number of methoxy groups -OCH3 is 1. The second-order valence-electron chi connectivity index (χ2n) is 7.62. The number of ether oxygens (including phenoxy) is 1. The molecule has 30 heavy (non-hydrogen) atoms. The highest BCUT2D eigenvalue weighted by Crippen LogP contribution is 2.35. The third kappa shape index (κ3) is 3.72. The number of nitrogens with zero attached hydrogens (tertiary/aromatic N) is 3. The molecule has 1 spiro atoms. The van der Waals surface area contributed by atoms with Gasteiger partial charge in [-0.15, -0.1) is 0 Å². The van der Waals surface area contributed by atoms with E-state index in [1.54, 1.807) is 33.9 Å². The molecule has 2 aliphatic rings. The molecule has 2 aromatic rings. The number of carbonyl (C=O) groups is 3. The molecule has 0 bridgehead atoms. The third-order valence-electron chi connectivity index (χ3n) is 5.76. The molecular weight excluding hydrogens is 404 g/mol. The SMILES string of the molecule is COc1cccc(NC(=O)N2CC[C@@]3(C2)CN(c2ccsc2)C(=O)CN3C(C)=O)c1. The van der Waals surface area contributed by atoms with Crippen LogP contribution in [0.3, 0.4) is 0 Å². The molecule has 8 nitrogen and oxygen atoms in total. The van der Waals surface area contributed by atoms with Crippen LogP contribution in [0, 0.1) is 0 Å². The second-order valence-corrected chi connectivity index (χ2v) is 8.40. The van der Waals surface area contributed by atoms with Crippen molar-refractivity contribution in [2.75, 3.05) is 43.5 Å². The van der Waals surface area contributed by atoms with E-state index in [0.717, 1.165) is 5.69 Å². The molecular formula is C21H24N4O4S. The fraction of sp³-hybridized carbons (Fsp3) is 0.381. The van der Waals surface area contributed by atoms with Crippen molar-refractivity contribution < 1.29 is 19.1 Å². The number of piperazine rings is 1. The van der Waals surface area contributed by atoms with Gasteiger partial charge in [-0.25, -0.2) is 4.79 Å². The molecule has 3 heterocycles. The molecule has 1 aromatic carbocycles. The number of likely N-dealkylation sites (tertiary alicyclic amines) is 1. The average molecular weight is 429 g/mol. The lowest BCUT2D eigenvalue weighted by Crippen LogP contribution is -2.67. The lowest BCUT2D eigenvalue weighted by molar-refractivity contribution is -0.142. The molecule has 4 amide bonds. The van der Waals surface area contributed by atoms with E-state index in [9.17, 15) is 14.4 Å². The zero-order valence-electron chi connectivity index (χ0n) is 17.0. The van der Waals surface area contributed by atoms with Gasteiger partial charge in [0.05, 0.1) is 24.9 Å². The second kappa shape index (κ2) is 7.98. The Kier molecular flexibility index (Phi) is 5.38. The van der Waals surface area contributed by atoms with Crippen LogP contribution in [-0.2, 0) is 9.59 Å². The zero-order valence-corrected chi connectivity index (χ0v) is 17.8. The molecule has 9 heteroatoms. The fourth-order valence-electron chi connectivity index (χ4n) is 4.23. The van der Waals surface area contributed by atoms with Crippen molar-refractivity contribution in [2.24, 2.45) is 0 Å². The van der Waals surface area contributed by atoms with Crippen LogP contribution in [0.1, 0.15) is 13.3 Å². The van der Waals surface area contributed by atoms with Gasteiger partial charge in [0.15, 0.2) is 0 Å². The Balaban J connectivity index is 1.53. The summed E-state index contributed by atoms with van der Waals surface area (Å²) in [6, 6.07) is 8.84. The summed E-state index contributed by atoms with van der Waals surface area (Å²) in [5.74, 6) is 0.405. The largest absolute Gasteiger partial charge is 0.497 e. The first-order valence-electron chi connectivity index (χ1n) is 9.73. The van der Waals surface area contributed by atoms with E-state index in [1.165, 1.54) is 18.3 Å². The molecule has 2 aliphatic heterocycles. The maximum Gasteiger partial charge on any atom is 0.321 e. The van der Waals surface area contributed by atoms with E-state index in [4.69, 9.17) is 4.74 Å². The number of carbonyl (C=O) groups excluding carboxylic acids is 3. The van der Waals surface area contributed by atoms with Crippen molar-refractivity contribution >= 4 is 40.6 Å². The summed E-state index contributed by atoms with van der Waals surface area (Å²) >= 11 is 1.52. The van der Waals surface area contributed by atoms with Gasteiger partial charge in [0.25, 0.3) is 0 Å². The van der Waals surface area contributed by atoms with Gasteiger partial charge in [-0.2, -0.15) is 11.3 Å². The Bertz CT molecular complexity index is 964. The third-order valence-corrected chi connectivity index (χ3v) is 6.43.